The lowest BCUT2D eigenvalue weighted by molar-refractivity contribution is -0.242. The van der Waals surface area contributed by atoms with Crippen LogP contribution in [-0.2, 0) is 42.7 Å². The first kappa shape index (κ1) is 86.3. The molecule has 0 aromatic heterocycles. The molecule has 0 radical (unpaired) electrons. The van der Waals surface area contributed by atoms with Gasteiger partial charge in [-0.2, -0.15) is 0 Å². The summed E-state index contributed by atoms with van der Waals surface area (Å²) in [5.41, 5.74) is 25.8. The van der Waals surface area contributed by atoms with Gasteiger partial charge in [0.2, 0.25) is 0 Å². The quantitative estimate of drug-likeness (QED) is 0.102. The van der Waals surface area contributed by atoms with Gasteiger partial charge in [-0.15, -0.1) is 0 Å². The highest BCUT2D eigenvalue weighted by atomic mass is 16.8. The maximum atomic E-state index is 12.4. The monoisotopic (exact) mass is 1670 g/mol. The van der Waals surface area contributed by atoms with Crippen LogP contribution in [0.25, 0.3) is 10.4 Å². The van der Waals surface area contributed by atoms with Crippen molar-refractivity contribution in [1.82, 2.24) is 4.90 Å². The number of azide groups is 1. The van der Waals surface area contributed by atoms with Crippen molar-refractivity contribution in [3.63, 3.8) is 0 Å². The summed E-state index contributed by atoms with van der Waals surface area (Å²) in [5.74, 6) is 11.0. The minimum Gasteiger partial charge on any atom is -0.393 e. The minimum absolute atomic E-state index is 0.0168. The summed E-state index contributed by atoms with van der Waals surface area (Å²) in [6.45, 7) is 31.0. The van der Waals surface area contributed by atoms with Crippen LogP contribution < -0.4 is 5.73 Å². The van der Waals surface area contributed by atoms with E-state index in [1.165, 1.54) is 160 Å². The predicted molar refractivity (Wildman–Crippen MR) is 472 cm³/mol. The van der Waals surface area contributed by atoms with E-state index in [0.717, 1.165) is 233 Å². The van der Waals surface area contributed by atoms with Crippen molar-refractivity contribution in [2.45, 2.75) is 380 Å². The van der Waals surface area contributed by atoms with Crippen molar-refractivity contribution in [2.24, 2.45) is 154 Å². The van der Waals surface area contributed by atoms with Crippen molar-refractivity contribution in [2.75, 3.05) is 67.0 Å². The first-order valence-corrected chi connectivity index (χ1v) is 50.8. The van der Waals surface area contributed by atoms with Gasteiger partial charge in [-0.05, 0) is 360 Å². The van der Waals surface area contributed by atoms with Crippen molar-refractivity contribution in [3.8, 4) is 0 Å². The van der Waals surface area contributed by atoms with Crippen LogP contribution in [0.5, 0.6) is 0 Å². The van der Waals surface area contributed by atoms with Crippen molar-refractivity contribution in [3.05, 3.63) is 68.7 Å². The van der Waals surface area contributed by atoms with Crippen molar-refractivity contribution < 1.29 is 52.9 Å². The molecule has 672 valence electrons. The third kappa shape index (κ3) is 13.0. The number of hydrogen-bond acceptors (Lipinski definition) is 14. The number of allylic oxidation sites excluding steroid dienone is 5. The van der Waals surface area contributed by atoms with E-state index >= 15 is 0 Å². The number of ketones is 1. The minimum atomic E-state index is -0.299. The molecular weight excluding hydrogens is 1510 g/mol. The second-order valence-electron chi connectivity index (χ2n) is 48.3. The lowest BCUT2D eigenvalue weighted by Gasteiger charge is -2.59. The van der Waals surface area contributed by atoms with Gasteiger partial charge in [0.25, 0.3) is 0 Å². The number of Topliss-reactive ketones (excluding diaryl/α,β-unsaturated/α-hetero) is 1. The summed E-state index contributed by atoms with van der Waals surface area (Å²) in [6, 6.07) is 1.30. The second kappa shape index (κ2) is 31.2. The lowest BCUT2D eigenvalue weighted by atomic mass is 9.47. The van der Waals surface area contributed by atoms with Gasteiger partial charge in [-0.3, -0.25) is 4.79 Å². The van der Waals surface area contributed by atoms with Crippen LogP contribution in [0.1, 0.15) is 326 Å². The lowest BCUT2D eigenvalue weighted by Crippen LogP contribution is -2.55. The first-order valence-electron chi connectivity index (χ1n) is 50.8. The number of carbonyl (C=O) groups excluding carboxylic acids is 1. The number of rotatable bonds is 2. The molecule has 0 amide bonds. The summed E-state index contributed by atoms with van der Waals surface area (Å²) < 4.78 is 50.0. The number of ether oxygens (including phenoxy) is 8. The highest BCUT2D eigenvalue weighted by Crippen LogP contribution is 2.75. The van der Waals surface area contributed by atoms with Gasteiger partial charge in [0.1, 0.15) is 5.78 Å². The molecular formula is C105H161N5O11. The normalized spacial score (nSPS) is 51.2. The Bertz CT molecular complexity index is 4020. The van der Waals surface area contributed by atoms with Crippen LogP contribution in [0.2, 0.25) is 0 Å². The Morgan fingerprint density at radius 3 is 0.983 bits per heavy atom. The van der Waals surface area contributed by atoms with Gasteiger partial charge in [0, 0.05) is 82.2 Å². The van der Waals surface area contributed by atoms with Gasteiger partial charge in [-0.1, -0.05) is 133 Å². The maximum Gasteiger partial charge on any atom is 0.174 e. The van der Waals surface area contributed by atoms with Gasteiger partial charge in [-0.25, -0.2) is 0 Å². The van der Waals surface area contributed by atoms with Gasteiger partial charge in [0.15, 0.2) is 23.1 Å². The highest BCUT2D eigenvalue weighted by molar-refractivity contribution is 5.87. The zero-order valence-electron chi connectivity index (χ0n) is 77.3. The molecule has 16 nitrogen and oxygen atoms in total. The van der Waals surface area contributed by atoms with Crippen LogP contribution in [0, 0.1) is 143 Å². The van der Waals surface area contributed by atoms with E-state index in [-0.39, 0.29) is 68.5 Å². The van der Waals surface area contributed by atoms with Gasteiger partial charge in [0.05, 0.1) is 65.1 Å². The van der Waals surface area contributed by atoms with Crippen LogP contribution >= 0.6 is 0 Å². The third-order valence-electron chi connectivity index (χ3n) is 44.3. The Hall–Kier alpha value is -2.80. The largest absolute Gasteiger partial charge is 0.393 e. The summed E-state index contributed by atoms with van der Waals surface area (Å²) in [7, 11) is 4.51. The molecule has 15 saturated carbocycles. The Kier molecular flexibility index (Phi) is 22.2. The van der Waals surface area contributed by atoms with E-state index < -0.39 is 0 Å². The van der Waals surface area contributed by atoms with E-state index in [1.807, 2.05) is 0 Å². The average molecular weight is 1670 g/mol. The number of carbonyl (C=O) groups is 1. The molecule has 24 aliphatic rings. The SMILES string of the molecule is CN(C)[C@H]1CC[C@@]2(C)C(=CC[C@@H]3C2CC[C@@]2(C)[C@H]3CCC23OCCO3)C1.C[C@]12CC[C@@H](O)CC1=CC[C@@H]1C2CC[C@@]2(C)[C@H]1CCC21OCCO1.C[C@]12CC[C@@H](O)CC1=CC[C@@H]1C2CC[C@]2(C)C(=O)CC[C@@H]12.C[C@]12CC[C@H](N)CC1=CC[C@@H]1C2CC[C@@]2(C)[C@H]1CCC21OCCO1.C[C@]12CC[C@H](N=[N+]=[N-])CC1=CC[C@@H]1C2CC[C@@]2(C)[C@H]1CCC21OCCO1. The molecule has 121 heavy (non-hydrogen) atoms. The van der Waals surface area contributed by atoms with Crippen LogP contribution in [0.3, 0.4) is 0 Å². The molecule has 4 heterocycles. The highest BCUT2D eigenvalue weighted by Gasteiger charge is 2.72. The van der Waals surface area contributed by atoms with Gasteiger partial charge < -0.3 is 58.7 Å². The molecule has 24 rings (SSSR count). The molecule has 0 bridgehead atoms. The van der Waals surface area contributed by atoms with Crippen molar-refractivity contribution >= 4 is 5.78 Å². The molecule has 0 aromatic carbocycles. The van der Waals surface area contributed by atoms with Crippen LogP contribution in [0.4, 0.5) is 0 Å². The molecule has 4 spiro atoms. The topological polar surface area (TPSA) is 209 Å². The standard InChI is InChI=1S/C23H37NO2.C21H31N3O2.C21H33NO2.C21H32O3.C19H28O2/c1-21-10-7-17(24(3)4)15-16(21)5-6-18-19(21)8-11-22(2)20(18)9-12-23(22)25-13-14-26-23;1-19-8-5-15(23-24-22)13-14(19)3-4-16-17(19)6-9-20(2)18(16)7-10-21(20)25-11-12-26-21;2*1-19-8-5-15(22)13-14(19)3-4-16-17(19)6-9-20(2)18(16)7-10-21(20)23-11-12-24-21;1-18-9-7-13(20)11-12(18)3-4-14-15-5-6-17(21)19(15,2)10-8-16(14)18/h5,17-20H,6-15H2,1-4H3;3,15-18H,4-13H2,1-2H3;3,15-18H,4-13,22H2,1-2H3;3,15-18,22H,4-13H2,1-2H3;3,13-16,20H,4-11H2,1-2H3/t17-,18+,19?,20-,21-,22-;2*15-,16+,17?,18-,19-,20-;15-,16-,17?,18+,19+,20+;13-,14+,15+,16?,18+,19+/m00011/s1. The van der Waals surface area contributed by atoms with E-state index in [9.17, 15) is 15.0 Å². The number of aliphatic hydroxyl groups is 2. The molecule has 16 heteroatoms. The number of hydrogen-bond donors (Lipinski definition) is 3. The average Bonchev–Trinajstić information content (AvgIpc) is 1.57. The predicted octanol–water partition coefficient (Wildman–Crippen LogP) is 21.9. The van der Waals surface area contributed by atoms with E-state index in [0.29, 0.717) is 56.7 Å². The number of nitrogens with two attached hydrogens (primary N) is 1. The number of fused-ring (bicyclic) bond motifs is 29. The van der Waals surface area contributed by atoms with E-state index in [1.54, 1.807) is 22.3 Å². The summed E-state index contributed by atoms with van der Waals surface area (Å²) in [6.07, 6.45) is 59.6. The molecule has 4 aliphatic heterocycles. The fourth-order valence-corrected chi connectivity index (χ4v) is 37.2. The fourth-order valence-electron chi connectivity index (χ4n) is 37.2. The Morgan fingerprint density at radius 1 is 0.347 bits per heavy atom. The van der Waals surface area contributed by atoms with Crippen molar-refractivity contribution in [1.29, 1.82) is 0 Å². The fraction of sp³-hybridized carbons (Fsp3) is 0.895. The summed E-state index contributed by atoms with van der Waals surface area (Å²) >= 11 is 0. The van der Waals surface area contributed by atoms with E-state index in [2.05, 4.69) is 129 Å². The summed E-state index contributed by atoms with van der Waals surface area (Å²) in [4.78, 5) is 17.9. The molecule has 4 saturated heterocycles. The first-order chi connectivity index (χ1) is 57.8. The molecule has 0 aromatic rings. The molecule has 4 N–H and O–H groups in total. The Balaban J connectivity index is 0.0000000966. The molecule has 5 unspecified atom stereocenters. The smallest absolute Gasteiger partial charge is 0.174 e. The molecule has 30 atom stereocenters. The second-order valence-corrected chi connectivity index (χ2v) is 48.3. The zero-order chi connectivity index (χ0) is 84.1. The molecule has 20 aliphatic carbocycles. The van der Waals surface area contributed by atoms with E-state index in [4.69, 9.17) is 49.2 Å². The Morgan fingerprint density at radius 2 is 0.628 bits per heavy atom. The van der Waals surface area contributed by atoms with Crippen LogP contribution in [0.15, 0.2) is 63.4 Å². The number of aliphatic hydroxyl groups excluding tert-OH is 2. The summed E-state index contributed by atoms with van der Waals surface area (Å²) in [5, 5.41) is 24.1. The maximum absolute atomic E-state index is 12.4. The molecule has 19 fully saturated rings. The zero-order valence-corrected chi connectivity index (χ0v) is 77.3. The van der Waals surface area contributed by atoms with Gasteiger partial charge >= 0.3 is 0 Å². The Labute approximate surface area is 728 Å². The van der Waals surface area contributed by atoms with Crippen LogP contribution in [-0.4, -0.2) is 141 Å². The third-order valence-corrected chi connectivity index (χ3v) is 44.3. The number of nitrogens with zero attached hydrogens (tertiary/aromatic N) is 4.